The van der Waals surface area contributed by atoms with Crippen LogP contribution in [0.5, 0.6) is 5.75 Å². The Morgan fingerprint density at radius 3 is 2.80 bits per heavy atom. The highest BCUT2D eigenvalue weighted by atomic mass is 16.5. The van der Waals surface area contributed by atoms with Gasteiger partial charge in [0, 0.05) is 22.1 Å². The number of nitrogens with zero attached hydrogens (tertiary/aromatic N) is 2. The zero-order valence-corrected chi connectivity index (χ0v) is 14.0. The number of aryl methyl sites for hydroxylation is 1. The average molecular weight is 328 g/mol. The van der Waals surface area contributed by atoms with Crippen molar-refractivity contribution in [2.45, 2.75) is 20.5 Å². The lowest BCUT2D eigenvalue weighted by atomic mass is 9.94. The molecule has 5 rings (SSSR count). The second-order valence-electron chi connectivity index (χ2n) is 6.44. The van der Waals surface area contributed by atoms with Crippen LogP contribution in [0.1, 0.15) is 16.7 Å². The average Bonchev–Trinajstić information content (AvgIpc) is 3.17. The summed E-state index contributed by atoms with van der Waals surface area (Å²) >= 11 is 0. The van der Waals surface area contributed by atoms with Crippen molar-refractivity contribution in [1.82, 2.24) is 9.97 Å². The first kappa shape index (κ1) is 14.2. The summed E-state index contributed by atoms with van der Waals surface area (Å²) in [7, 11) is 0. The predicted molar refractivity (Wildman–Crippen MR) is 96.5 cm³/mol. The minimum absolute atomic E-state index is 0.542. The first-order valence-electron chi connectivity index (χ1n) is 8.26. The Balaban J connectivity index is 1.73. The largest absolute Gasteiger partial charge is 0.488 e. The summed E-state index contributed by atoms with van der Waals surface area (Å²) in [4.78, 5) is 8.94. The quantitative estimate of drug-likeness (QED) is 0.490. The van der Waals surface area contributed by atoms with E-state index in [1.807, 2.05) is 18.2 Å². The number of fused-ring (bicyclic) bond motifs is 4. The second kappa shape index (κ2) is 5.18. The van der Waals surface area contributed by atoms with E-state index in [0.717, 1.165) is 44.8 Å². The van der Waals surface area contributed by atoms with Crippen molar-refractivity contribution < 1.29 is 9.15 Å². The van der Waals surface area contributed by atoms with E-state index in [0.29, 0.717) is 6.61 Å². The fourth-order valence-corrected chi connectivity index (χ4v) is 3.42. The van der Waals surface area contributed by atoms with E-state index in [-0.39, 0.29) is 0 Å². The Kier molecular flexibility index (Phi) is 2.95. The van der Waals surface area contributed by atoms with Crippen molar-refractivity contribution in [3.63, 3.8) is 0 Å². The van der Waals surface area contributed by atoms with Gasteiger partial charge in [-0.05, 0) is 55.3 Å². The van der Waals surface area contributed by atoms with Gasteiger partial charge in [-0.25, -0.2) is 9.97 Å². The van der Waals surface area contributed by atoms with Gasteiger partial charge in [0.2, 0.25) is 0 Å². The number of oxazole rings is 1. The van der Waals surface area contributed by atoms with Gasteiger partial charge in [0.15, 0.2) is 12.2 Å². The number of aromatic nitrogens is 2. The molecule has 122 valence electrons. The van der Waals surface area contributed by atoms with Gasteiger partial charge in [0.1, 0.15) is 12.4 Å². The summed E-state index contributed by atoms with van der Waals surface area (Å²) in [6, 6.07) is 12.5. The molecule has 0 bridgehead atoms. The van der Waals surface area contributed by atoms with E-state index in [1.165, 1.54) is 17.5 Å². The topological polar surface area (TPSA) is 48.2 Å². The number of hydrogen-bond donors (Lipinski definition) is 0. The fraction of sp³-hybridized carbons (Fsp3) is 0.143. The van der Waals surface area contributed by atoms with Crippen LogP contribution in [0.4, 0.5) is 0 Å². The highest BCUT2D eigenvalue weighted by Crippen LogP contribution is 2.41. The van der Waals surface area contributed by atoms with Crippen LogP contribution >= 0.6 is 0 Å². The minimum atomic E-state index is 0.542. The summed E-state index contributed by atoms with van der Waals surface area (Å²) in [5, 5.41) is 1.07. The molecule has 4 aromatic rings. The number of ether oxygens (including phenoxy) is 1. The number of benzene rings is 2. The number of rotatable bonds is 1. The lowest BCUT2D eigenvalue weighted by Crippen LogP contribution is -2.09. The van der Waals surface area contributed by atoms with E-state index in [1.54, 1.807) is 6.20 Å². The van der Waals surface area contributed by atoms with Crippen molar-refractivity contribution >= 4 is 10.9 Å². The summed E-state index contributed by atoms with van der Waals surface area (Å²) < 4.78 is 11.4. The maximum absolute atomic E-state index is 5.97. The van der Waals surface area contributed by atoms with Gasteiger partial charge in [0.25, 0.3) is 0 Å². The smallest absolute Gasteiger partial charge is 0.181 e. The molecule has 0 saturated carbocycles. The van der Waals surface area contributed by atoms with Crippen LogP contribution in [0.25, 0.3) is 33.5 Å². The molecule has 0 fully saturated rings. The monoisotopic (exact) mass is 328 g/mol. The van der Waals surface area contributed by atoms with Crippen LogP contribution < -0.4 is 4.74 Å². The summed E-state index contributed by atoms with van der Waals surface area (Å²) in [6.07, 6.45) is 3.17. The molecular formula is C21H16N2O2. The molecule has 3 heterocycles. The Labute approximate surface area is 145 Å². The Hall–Kier alpha value is -3.14. The summed E-state index contributed by atoms with van der Waals surface area (Å²) in [6.45, 7) is 4.79. The highest BCUT2D eigenvalue weighted by Gasteiger charge is 2.22. The Morgan fingerprint density at radius 1 is 1.04 bits per heavy atom. The third kappa shape index (κ3) is 2.14. The number of hydrogen-bond acceptors (Lipinski definition) is 4. The van der Waals surface area contributed by atoms with E-state index in [9.17, 15) is 0 Å². The molecule has 0 radical (unpaired) electrons. The van der Waals surface area contributed by atoms with E-state index >= 15 is 0 Å². The molecular weight excluding hydrogens is 312 g/mol. The number of pyridine rings is 1. The molecule has 0 atom stereocenters. The third-order valence-corrected chi connectivity index (χ3v) is 4.93. The van der Waals surface area contributed by atoms with Gasteiger partial charge in [0.05, 0.1) is 17.4 Å². The summed E-state index contributed by atoms with van der Waals surface area (Å²) in [5.41, 5.74) is 7.70. The molecule has 0 unspecified atom stereocenters. The van der Waals surface area contributed by atoms with Gasteiger partial charge in [-0.2, -0.15) is 0 Å². The Morgan fingerprint density at radius 2 is 1.96 bits per heavy atom. The lowest BCUT2D eigenvalue weighted by Gasteiger charge is -2.23. The summed E-state index contributed by atoms with van der Waals surface area (Å²) in [5.74, 6) is 1.67. The molecule has 4 nitrogen and oxygen atoms in total. The van der Waals surface area contributed by atoms with Crippen LogP contribution in [0.2, 0.25) is 0 Å². The molecule has 0 spiro atoms. The second-order valence-corrected chi connectivity index (χ2v) is 6.44. The van der Waals surface area contributed by atoms with Crippen LogP contribution in [-0.2, 0) is 6.61 Å². The van der Waals surface area contributed by atoms with Gasteiger partial charge < -0.3 is 9.15 Å². The van der Waals surface area contributed by atoms with Crippen LogP contribution in [0.3, 0.4) is 0 Å². The molecule has 2 aromatic carbocycles. The normalized spacial score (nSPS) is 12.6. The van der Waals surface area contributed by atoms with Crippen LogP contribution in [-0.4, -0.2) is 9.97 Å². The molecule has 4 heteroatoms. The van der Waals surface area contributed by atoms with Gasteiger partial charge >= 0.3 is 0 Å². The maximum atomic E-state index is 5.97. The van der Waals surface area contributed by atoms with Crippen molar-refractivity contribution in [3.05, 3.63) is 65.7 Å². The molecule has 2 aromatic heterocycles. The standard InChI is InChI=1S/C21H16N2O2/c1-12-3-6-18-20(13(12)2)21-16(10-24-18)8-15-7-14(4-5-17(15)23-21)19-9-22-11-25-19/h3-9,11H,10H2,1-2H3. The predicted octanol–water partition coefficient (Wildman–Crippen LogP) is 5.07. The SMILES string of the molecule is Cc1ccc2c(c1C)-c1nc3ccc(-c4cnco4)cc3cc1CO2. The molecule has 25 heavy (non-hydrogen) atoms. The molecule has 0 aliphatic carbocycles. The zero-order chi connectivity index (χ0) is 17.0. The fourth-order valence-electron chi connectivity index (χ4n) is 3.42. The van der Waals surface area contributed by atoms with E-state index < -0.39 is 0 Å². The van der Waals surface area contributed by atoms with Gasteiger partial charge in [-0.1, -0.05) is 6.07 Å². The first-order valence-corrected chi connectivity index (χ1v) is 8.26. The van der Waals surface area contributed by atoms with Crippen molar-refractivity contribution in [2.75, 3.05) is 0 Å². The first-order chi connectivity index (χ1) is 12.2. The third-order valence-electron chi connectivity index (χ3n) is 4.93. The maximum Gasteiger partial charge on any atom is 0.181 e. The van der Waals surface area contributed by atoms with Crippen molar-refractivity contribution in [1.29, 1.82) is 0 Å². The van der Waals surface area contributed by atoms with E-state index in [4.69, 9.17) is 14.1 Å². The van der Waals surface area contributed by atoms with Gasteiger partial charge in [-0.3, -0.25) is 0 Å². The van der Waals surface area contributed by atoms with Crippen LogP contribution in [0, 0.1) is 13.8 Å². The van der Waals surface area contributed by atoms with Crippen LogP contribution in [0.15, 0.2) is 53.4 Å². The minimum Gasteiger partial charge on any atom is -0.488 e. The molecule has 1 aliphatic rings. The van der Waals surface area contributed by atoms with Crippen molar-refractivity contribution in [2.24, 2.45) is 0 Å². The zero-order valence-electron chi connectivity index (χ0n) is 14.0. The molecule has 0 N–H and O–H groups in total. The molecule has 0 amide bonds. The molecule has 0 saturated heterocycles. The Bertz CT molecular complexity index is 1110. The van der Waals surface area contributed by atoms with Crippen molar-refractivity contribution in [3.8, 4) is 28.3 Å². The highest BCUT2D eigenvalue weighted by molar-refractivity contribution is 5.88. The molecule has 1 aliphatic heterocycles. The van der Waals surface area contributed by atoms with Gasteiger partial charge in [-0.15, -0.1) is 0 Å². The lowest BCUT2D eigenvalue weighted by molar-refractivity contribution is 0.301. The van der Waals surface area contributed by atoms with E-state index in [2.05, 4.69) is 37.0 Å².